The minimum atomic E-state index is 0.760. The summed E-state index contributed by atoms with van der Waals surface area (Å²) in [5, 5.41) is 3.92. The van der Waals surface area contributed by atoms with Crippen LogP contribution in [0.4, 0.5) is 0 Å². The van der Waals surface area contributed by atoms with Crippen molar-refractivity contribution in [3.05, 3.63) is 52.6 Å². The Morgan fingerprint density at radius 2 is 2.24 bits per heavy atom. The van der Waals surface area contributed by atoms with Gasteiger partial charge in [0.15, 0.2) is 0 Å². The standard InChI is InChI=1S/C13H16ClN3/c1-10-3-4-11(12(14)7-10)9-17-6-5-16-13(17)8-15-2/h3-7,15H,8-9H2,1-2H3. The molecular weight excluding hydrogens is 234 g/mol. The third-order valence-electron chi connectivity index (χ3n) is 2.69. The van der Waals surface area contributed by atoms with Crippen LogP contribution >= 0.6 is 11.6 Å². The van der Waals surface area contributed by atoms with Crippen molar-refractivity contribution in [1.29, 1.82) is 0 Å². The molecule has 2 rings (SSSR count). The molecule has 0 atom stereocenters. The maximum Gasteiger partial charge on any atom is 0.122 e. The van der Waals surface area contributed by atoms with Gasteiger partial charge >= 0.3 is 0 Å². The van der Waals surface area contributed by atoms with Gasteiger partial charge in [0, 0.05) is 17.4 Å². The van der Waals surface area contributed by atoms with Crippen molar-refractivity contribution in [3.8, 4) is 0 Å². The maximum atomic E-state index is 6.23. The van der Waals surface area contributed by atoms with Gasteiger partial charge in [-0.2, -0.15) is 0 Å². The van der Waals surface area contributed by atoms with Crippen LogP contribution in [0, 0.1) is 6.92 Å². The first kappa shape index (κ1) is 12.1. The highest BCUT2D eigenvalue weighted by atomic mass is 35.5. The summed E-state index contributed by atoms with van der Waals surface area (Å²) in [5.74, 6) is 1.02. The number of rotatable bonds is 4. The Morgan fingerprint density at radius 1 is 1.41 bits per heavy atom. The minimum Gasteiger partial charge on any atom is -0.329 e. The Hall–Kier alpha value is -1.32. The third kappa shape index (κ3) is 2.87. The molecule has 0 amide bonds. The number of hydrogen-bond donors (Lipinski definition) is 1. The molecule has 0 aliphatic rings. The summed E-state index contributed by atoms with van der Waals surface area (Å²) in [5.41, 5.74) is 2.30. The number of halogens is 1. The number of imidazole rings is 1. The van der Waals surface area contributed by atoms with Crippen LogP contribution in [-0.2, 0) is 13.1 Å². The topological polar surface area (TPSA) is 29.9 Å². The fraction of sp³-hybridized carbons (Fsp3) is 0.308. The lowest BCUT2D eigenvalue weighted by Crippen LogP contribution is -2.12. The number of aryl methyl sites for hydroxylation is 1. The average Bonchev–Trinajstić information content (AvgIpc) is 2.71. The Kier molecular flexibility index (Phi) is 3.82. The summed E-state index contributed by atoms with van der Waals surface area (Å²) < 4.78 is 2.10. The lowest BCUT2D eigenvalue weighted by Gasteiger charge is -2.09. The van der Waals surface area contributed by atoms with Crippen molar-refractivity contribution in [1.82, 2.24) is 14.9 Å². The van der Waals surface area contributed by atoms with Gasteiger partial charge in [-0.05, 0) is 31.2 Å². The van der Waals surface area contributed by atoms with E-state index >= 15 is 0 Å². The Balaban J connectivity index is 2.22. The van der Waals surface area contributed by atoms with Gasteiger partial charge < -0.3 is 9.88 Å². The summed E-state index contributed by atoms with van der Waals surface area (Å²) in [6.07, 6.45) is 3.79. The number of benzene rings is 1. The molecule has 1 heterocycles. The van der Waals surface area contributed by atoms with Crippen LogP contribution < -0.4 is 5.32 Å². The second-order valence-corrected chi connectivity index (χ2v) is 4.50. The molecule has 4 heteroatoms. The van der Waals surface area contributed by atoms with Crippen molar-refractivity contribution < 1.29 is 0 Å². The highest BCUT2D eigenvalue weighted by Crippen LogP contribution is 2.19. The zero-order chi connectivity index (χ0) is 12.3. The van der Waals surface area contributed by atoms with E-state index in [2.05, 4.69) is 27.0 Å². The van der Waals surface area contributed by atoms with Crippen LogP contribution in [0.5, 0.6) is 0 Å². The zero-order valence-corrected chi connectivity index (χ0v) is 10.8. The first-order valence-electron chi connectivity index (χ1n) is 5.60. The van der Waals surface area contributed by atoms with Crippen LogP contribution in [0.1, 0.15) is 17.0 Å². The number of hydrogen-bond acceptors (Lipinski definition) is 2. The minimum absolute atomic E-state index is 0.760. The van der Waals surface area contributed by atoms with E-state index in [9.17, 15) is 0 Å². The Bertz CT molecular complexity index is 505. The first-order valence-corrected chi connectivity index (χ1v) is 5.98. The Labute approximate surface area is 106 Å². The predicted molar refractivity (Wildman–Crippen MR) is 70.3 cm³/mol. The van der Waals surface area contributed by atoms with Crippen molar-refractivity contribution >= 4 is 11.6 Å². The van der Waals surface area contributed by atoms with Gasteiger partial charge in [0.2, 0.25) is 0 Å². The quantitative estimate of drug-likeness (QED) is 0.903. The zero-order valence-electron chi connectivity index (χ0n) is 10.1. The van der Waals surface area contributed by atoms with Gasteiger partial charge in [-0.3, -0.25) is 0 Å². The molecular formula is C13H16ClN3. The molecule has 0 aliphatic carbocycles. The molecule has 0 fully saturated rings. The van der Waals surface area contributed by atoms with Gasteiger partial charge in [0.05, 0.1) is 13.1 Å². The largest absolute Gasteiger partial charge is 0.329 e. The van der Waals surface area contributed by atoms with Gasteiger partial charge in [-0.1, -0.05) is 23.7 Å². The van der Waals surface area contributed by atoms with Gasteiger partial charge in [0.25, 0.3) is 0 Å². The average molecular weight is 250 g/mol. The van der Waals surface area contributed by atoms with Crippen LogP contribution in [0.15, 0.2) is 30.6 Å². The molecule has 0 bridgehead atoms. The van der Waals surface area contributed by atoms with Crippen LogP contribution in [0.2, 0.25) is 5.02 Å². The van der Waals surface area contributed by atoms with Crippen molar-refractivity contribution in [2.24, 2.45) is 0 Å². The van der Waals surface area contributed by atoms with E-state index in [-0.39, 0.29) is 0 Å². The first-order chi connectivity index (χ1) is 8.20. The van der Waals surface area contributed by atoms with Crippen molar-refractivity contribution in [2.75, 3.05) is 7.05 Å². The smallest absolute Gasteiger partial charge is 0.122 e. The second kappa shape index (κ2) is 5.34. The van der Waals surface area contributed by atoms with Crippen LogP contribution in [-0.4, -0.2) is 16.6 Å². The molecule has 0 aliphatic heterocycles. The van der Waals surface area contributed by atoms with E-state index in [1.807, 2.05) is 32.4 Å². The van der Waals surface area contributed by atoms with Crippen molar-refractivity contribution in [3.63, 3.8) is 0 Å². The van der Waals surface area contributed by atoms with Gasteiger partial charge in [-0.15, -0.1) is 0 Å². The highest BCUT2D eigenvalue weighted by Gasteiger charge is 2.05. The van der Waals surface area contributed by atoms with E-state index in [0.29, 0.717) is 0 Å². The highest BCUT2D eigenvalue weighted by molar-refractivity contribution is 6.31. The van der Waals surface area contributed by atoms with Crippen LogP contribution in [0.3, 0.4) is 0 Å². The molecule has 0 radical (unpaired) electrons. The van der Waals surface area contributed by atoms with E-state index < -0.39 is 0 Å². The predicted octanol–water partition coefficient (Wildman–Crippen LogP) is 2.61. The number of aromatic nitrogens is 2. The summed E-state index contributed by atoms with van der Waals surface area (Å²) >= 11 is 6.23. The van der Waals surface area contributed by atoms with E-state index in [4.69, 9.17) is 11.6 Å². The maximum absolute atomic E-state index is 6.23. The molecule has 90 valence electrons. The van der Waals surface area contributed by atoms with Gasteiger partial charge in [0.1, 0.15) is 5.82 Å². The molecule has 0 unspecified atom stereocenters. The molecule has 0 spiro atoms. The molecule has 1 aromatic carbocycles. The van der Waals surface area contributed by atoms with E-state index in [1.54, 1.807) is 0 Å². The van der Waals surface area contributed by atoms with E-state index in [0.717, 1.165) is 29.5 Å². The summed E-state index contributed by atoms with van der Waals surface area (Å²) in [7, 11) is 1.91. The molecule has 17 heavy (non-hydrogen) atoms. The Morgan fingerprint density at radius 3 is 2.94 bits per heavy atom. The molecule has 3 nitrogen and oxygen atoms in total. The van der Waals surface area contributed by atoms with Gasteiger partial charge in [-0.25, -0.2) is 4.98 Å². The van der Waals surface area contributed by atoms with E-state index in [1.165, 1.54) is 5.56 Å². The molecule has 2 aromatic rings. The summed E-state index contributed by atoms with van der Waals surface area (Å²) in [6, 6.07) is 6.14. The summed E-state index contributed by atoms with van der Waals surface area (Å²) in [4.78, 5) is 4.31. The fourth-order valence-corrected chi connectivity index (χ4v) is 2.07. The molecule has 1 N–H and O–H groups in total. The normalized spacial score (nSPS) is 10.8. The number of nitrogens with one attached hydrogen (secondary N) is 1. The molecule has 0 saturated carbocycles. The lowest BCUT2D eigenvalue weighted by atomic mass is 10.1. The third-order valence-corrected chi connectivity index (χ3v) is 3.04. The SMILES string of the molecule is CNCc1nccn1Cc1ccc(C)cc1Cl. The molecule has 0 saturated heterocycles. The fourth-order valence-electron chi connectivity index (χ4n) is 1.77. The van der Waals surface area contributed by atoms with Crippen LogP contribution in [0.25, 0.3) is 0 Å². The number of nitrogens with zero attached hydrogens (tertiary/aromatic N) is 2. The van der Waals surface area contributed by atoms with Crippen molar-refractivity contribution in [2.45, 2.75) is 20.0 Å². The summed E-state index contributed by atoms with van der Waals surface area (Å²) in [6.45, 7) is 3.56. The monoisotopic (exact) mass is 249 g/mol. The second-order valence-electron chi connectivity index (χ2n) is 4.10. The molecule has 1 aromatic heterocycles. The lowest BCUT2D eigenvalue weighted by molar-refractivity contribution is 0.673.